The van der Waals surface area contributed by atoms with Crippen LogP contribution in [0.5, 0.6) is 5.75 Å². The van der Waals surface area contributed by atoms with Gasteiger partial charge in [0.15, 0.2) is 0 Å². The van der Waals surface area contributed by atoms with Crippen molar-refractivity contribution >= 4 is 11.6 Å². The SMILES string of the molecule is CCCCOc1ccccc1NC(=O)CCC. The van der Waals surface area contributed by atoms with E-state index >= 15 is 0 Å². The molecule has 3 heteroatoms. The van der Waals surface area contributed by atoms with Gasteiger partial charge in [0, 0.05) is 6.42 Å². The predicted molar refractivity (Wildman–Crippen MR) is 70.4 cm³/mol. The summed E-state index contributed by atoms with van der Waals surface area (Å²) in [5.74, 6) is 0.796. The van der Waals surface area contributed by atoms with Crippen molar-refractivity contribution in [2.24, 2.45) is 0 Å². The molecule has 17 heavy (non-hydrogen) atoms. The van der Waals surface area contributed by atoms with Crippen LogP contribution < -0.4 is 10.1 Å². The summed E-state index contributed by atoms with van der Waals surface area (Å²) >= 11 is 0. The number of carbonyl (C=O) groups is 1. The predicted octanol–water partition coefficient (Wildman–Crippen LogP) is 3.60. The highest BCUT2D eigenvalue weighted by molar-refractivity contribution is 5.92. The minimum Gasteiger partial charge on any atom is -0.491 e. The van der Waals surface area contributed by atoms with Crippen LogP contribution in [0.3, 0.4) is 0 Å². The normalized spacial score (nSPS) is 10.0. The van der Waals surface area contributed by atoms with Crippen LogP contribution in [0.4, 0.5) is 5.69 Å². The lowest BCUT2D eigenvalue weighted by atomic mass is 10.2. The third-order valence-corrected chi connectivity index (χ3v) is 2.39. The van der Waals surface area contributed by atoms with E-state index in [0.717, 1.165) is 30.7 Å². The Morgan fingerprint density at radius 1 is 1.24 bits per heavy atom. The summed E-state index contributed by atoms with van der Waals surface area (Å²) in [5.41, 5.74) is 0.766. The van der Waals surface area contributed by atoms with Crippen LogP contribution >= 0.6 is 0 Å². The molecule has 0 bridgehead atoms. The van der Waals surface area contributed by atoms with E-state index in [1.54, 1.807) is 0 Å². The summed E-state index contributed by atoms with van der Waals surface area (Å²) in [4.78, 5) is 11.5. The third-order valence-electron chi connectivity index (χ3n) is 2.39. The highest BCUT2D eigenvalue weighted by Gasteiger charge is 2.06. The number of para-hydroxylation sites is 2. The van der Waals surface area contributed by atoms with Crippen molar-refractivity contribution in [3.63, 3.8) is 0 Å². The van der Waals surface area contributed by atoms with Crippen LogP contribution in [0.25, 0.3) is 0 Å². The fourth-order valence-electron chi connectivity index (χ4n) is 1.46. The average molecular weight is 235 g/mol. The van der Waals surface area contributed by atoms with E-state index in [9.17, 15) is 4.79 Å². The van der Waals surface area contributed by atoms with Gasteiger partial charge in [-0.2, -0.15) is 0 Å². The van der Waals surface area contributed by atoms with E-state index in [2.05, 4.69) is 12.2 Å². The number of benzene rings is 1. The van der Waals surface area contributed by atoms with Crippen LogP contribution in [0.1, 0.15) is 39.5 Å². The van der Waals surface area contributed by atoms with E-state index in [0.29, 0.717) is 13.0 Å². The molecule has 1 aromatic carbocycles. The van der Waals surface area contributed by atoms with Gasteiger partial charge in [0.25, 0.3) is 0 Å². The average Bonchev–Trinajstić information content (AvgIpc) is 2.32. The number of anilines is 1. The first kappa shape index (κ1) is 13.6. The maximum atomic E-state index is 11.5. The molecule has 0 aliphatic carbocycles. The Labute approximate surface area is 103 Å². The van der Waals surface area contributed by atoms with Crippen molar-refractivity contribution in [2.75, 3.05) is 11.9 Å². The molecule has 0 atom stereocenters. The van der Waals surface area contributed by atoms with Gasteiger partial charge in [0.1, 0.15) is 5.75 Å². The van der Waals surface area contributed by atoms with Crippen molar-refractivity contribution in [2.45, 2.75) is 39.5 Å². The van der Waals surface area contributed by atoms with Crippen LogP contribution in [0.15, 0.2) is 24.3 Å². The topological polar surface area (TPSA) is 38.3 Å². The summed E-state index contributed by atoms with van der Waals surface area (Å²) in [6.45, 7) is 4.80. The Morgan fingerprint density at radius 2 is 2.00 bits per heavy atom. The fraction of sp³-hybridized carbons (Fsp3) is 0.500. The standard InChI is InChI=1S/C14H21NO2/c1-3-5-11-17-13-10-7-6-9-12(13)15-14(16)8-4-2/h6-7,9-10H,3-5,8,11H2,1-2H3,(H,15,16). The molecule has 0 unspecified atom stereocenters. The number of rotatable bonds is 7. The lowest BCUT2D eigenvalue weighted by Gasteiger charge is -2.11. The number of carbonyl (C=O) groups excluding carboxylic acids is 1. The molecule has 1 rings (SSSR count). The molecular weight excluding hydrogens is 214 g/mol. The van der Waals surface area contributed by atoms with Gasteiger partial charge in [-0.3, -0.25) is 4.79 Å². The molecule has 0 radical (unpaired) electrons. The molecule has 0 aromatic heterocycles. The molecule has 0 saturated heterocycles. The highest BCUT2D eigenvalue weighted by atomic mass is 16.5. The number of nitrogens with one attached hydrogen (secondary N) is 1. The molecule has 0 fully saturated rings. The monoisotopic (exact) mass is 235 g/mol. The van der Waals surface area contributed by atoms with Gasteiger partial charge in [0.05, 0.1) is 12.3 Å². The minimum atomic E-state index is 0.0408. The lowest BCUT2D eigenvalue weighted by molar-refractivity contribution is -0.116. The van der Waals surface area contributed by atoms with Crippen LogP contribution in [0, 0.1) is 0 Å². The van der Waals surface area contributed by atoms with Crippen molar-refractivity contribution in [3.05, 3.63) is 24.3 Å². The van der Waals surface area contributed by atoms with Gasteiger partial charge in [-0.15, -0.1) is 0 Å². The van der Waals surface area contributed by atoms with E-state index in [1.807, 2.05) is 31.2 Å². The number of hydrogen-bond donors (Lipinski definition) is 1. The lowest BCUT2D eigenvalue weighted by Crippen LogP contribution is -2.12. The summed E-state index contributed by atoms with van der Waals surface area (Å²) in [5, 5.41) is 2.87. The summed E-state index contributed by atoms with van der Waals surface area (Å²) in [6.07, 6.45) is 3.52. The molecule has 1 N–H and O–H groups in total. The maximum absolute atomic E-state index is 11.5. The van der Waals surface area contributed by atoms with E-state index in [-0.39, 0.29) is 5.91 Å². The zero-order valence-corrected chi connectivity index (χ0v) is 10.7. The van der Waals surface area contributed by atoms with Crippen molar-refractivity contribution in [3.8, 4) is 5.75 Å². The molecule has 1 amide bonds. The van der Waals surface area contributed by atoms with Gasteiger partial charge in [0.2, 0.25) is 5.91 Å². The molecule has 94 valence electrons. The first-order chi connectivity index (χ1) is 8.27. The smallest absolute Gasteiger partial charge is 0.224 e. The van der Waals surface area contributed by atoms with E-state index in [4.69, 9.17) is 4.74 Å². The minimum absolute atomic E-state index is 0.0408. The molecule has 0 saturated carbocycles. The Balaban J connectivity index is 2.60. The van der Waals surface area contributed by atoms with E-state index in [1.165, 1.54) is 0 Å². The number of amides is 1. The van der Waals surface area contributed by atoms with Gasteiger partial charge < -0.3 is 10.1 Å². The second kappa shape index (κ2) is 7.71. The molecule has 0 aliphatic heterocycles. The highest BCUT2D eigenvalue weighted by Crippen LogP contribution is 2.24. The first-order valence-corrected chi connectivity index (χ1v) is 6.29. The molecule has 0 spiro atoms. The zero-order chi connectivity index (χ0) is 12.5. The van der Waals surface area contributed by atoms with Gasteiger partial charge in [-0.1, -0.05) is 32.4 Å². The molecule has 1 aromatic rings. The van der Waals surface area contributed by atoms with E-state index < -0.39 is 0 Å². The summed E-state index contributed by atoms with van der Waals surface area (Å²) in [6, 6.07) is 7.57. The van der Waals surface area contributed by atoms with Crippen molar-refractivity contribution < 1.29 is 9.53 Å². The molecule has 3 nitrogen and oxygen atoms in total. The Kier molecular flexibility index (Phi) is 6.15. The third kappa shape index (κ3) is 4.89. The van der Waals surface area contributed by atoms with Crippen molar-refractivity contribution in [1.29, 1.82) is 0 Å². The van der Waals surface area contributed by atoms with Crippen LogP contribution in [-0.4, -0.2) is 12.5 Å². The van der Waals surface area contributed by atoms with Crippen LogP contribution in [-0.2, 0) is 4.79 Å². The molecule has 0 aliphatic rings. The molecule has 0 heterocycles. The quantitative estimate of drug-likeness (QED) is 0.733. The Hall–Kier alpha value is -1.51. The second-order valence-electron chi connectivity index (χ2n) is 4.00. The first-order valence-electron chi connectivity index (χ1n) is 6.29. The zero-order valence-electron chi connectivity index (χ0n) is 10.7. The van der Waals surface area contributed by atoms with Crippen molar-refractivity contribution in [1.82, 2.24) is 0 Å². The summed E-state index contributed by atoms with van der Waals surface area (Å²) < 4.78 is 5.64. The van der Waals surface area contributed by atoms with Gasteiger partial charge in [-0.25, -0.2) is 0 Å². The van der Waals surface area contributed by atoms with Gasteiger partial charge in [-0.05, 0) is 25.0 Å². The summed E-state index contributed by atoms with van der Waals surface area (Å²) in [7, 11) is 0. The number of hydrogen-bond acceptors (Lipinski definition) is 2. The Morgan fingerprint density at radius 3 is 2.71 bits per heavy atom. The molecular formula is C14H21NO2. The largest absolute Gasteiger partial charge is 0.491 e. The second-order valence-corrected chi connectivity index (χ2v) is 4.00. The number of unbranched alkanes of at least 4 members (excludes halogenated alkanes) is 1. The Bertz CT molecular complexity index is 350. The maximum Gasteiger partial charge on any atom is 0.224 e. The number of ether oxygens (including phenoxy) is 1. The fourth-order valence-corrected chi connectivity index (χ4v) is 1.46. The van der Waals surface area contributed by atoms with Crippen LogP contribution in [0.2, 0.25) is 0 Å². The van der Waals surface area contributed by atoms with Gasteiger partial charge >= 0.3 is 0 Å².